The molecule has 0 unspecified atom stereocenters. The summed E-state index contributed by atoms with van der Waals surface area (Å²) in [5.41, 5.74) is 1.50. The monoisotopic (exact) mass is 444 g/mol. The molecule has 146 valence electrons. The van der Waals surface area contributed by atoms with Gasteiger partial charge in [0, 0.05) is 28.8 Å². The second-order valence-electron chi connectivity index (χ2n) is 6.15. The van der Waals surface area contributed by atoms with E-state index in [-0.39, 0.29) is 18.4 Å². The first-order chi connectivity index (χ1) is 13.5. The molecule has 1 aliphatic heterocycles. The lowest BCUT2D eigenvalue weighted by Crippen LogP contribution is -2.36. The van der Waals surface area contributed by atoms with Gasteiger partial charge in [-0.3, -0.25) is 9.59 Å². The van der Waals surface area contributed by atoms with E-state index < -0.39 is 0 Å². The fourth-order valence-corrected chi connectivity index (χ4v) is 3.14. The van der Waals surface area contributed by atoms with Crippen LogP contribution in [0.1, 0.15) is 12.5 Å². The number of amides is 2. The van der Waals surface area contributed by atoms with Gasteiger partial charge in [0.15, 0.2) is 11.5 Å². The first-order valence-corrected chi connectivity index (χ1v) is 9.76. The summed E-state index contributed by atoms with van der Waals surface area (Å²) in [6, 6.07) is 12.8. The number of fused-ring (bicyclic) bond motifs is 1. The molecule has 7 heteroatoms. The van der Waals surface area contributed by atoms with Crippen LogP contribution in [0.25, 0.3) is 6.08 Å². The summed E-state index contributed by atoms with van der Waals surface area (Å²) < 4.78 is 11.9. The van der Waals surface area contributed by atoms with Gasteiger partial charge in [-0.15, -0.1) is 0 Å². The highest BCUT2D eigenvalue weighted by Gasteiger charge is 2.16. The van der Waals surface area contributed by atoms with E-state index in [4.69, 9.17) is 9.47 Å². The van der Waals surface area contributed by atoms with Crippen molar-refractivity contribution in [2.24, 2.45) is 0 Å². The highest BCUT2D eigenvalue weighted by molar-refractivity contribution is 9.10. The molecule has 1 heterocycles. The molecule has 0 fully saturated rings. The number of ether oxygens (including phenoxy) is 2. The number of likely N-dealkylation sites (N-methyl/N-ethyl adjacent to an activating group) is 1. The van der Waals surface area contributed by atoms with E-state index in [2.05, 4.69) is 21.2 Å². The van der Waals surface area contributed by atoms with E-state index in [9.17, 15) is 9.59 Å². The molecule has 28 heavy (non-hydrogen) atoms. The van der Waals surface area contributed by atoms with Crippen LogP contribution in [-0.2, 0) is 9.59 Å². The Balaban J connectivity index is 1.59. The number of benzene rings is 2. The number of hydrogen-bond donors (Lipinski definition) is 1. The maximum Gasteiger partial charge on any atom is 0.247 e. The van der Waals surface area contributed by atoms with Crippen molar-refractivity contribution in [2.75, 3.05) is 31.6 Å². The summed E-state index contributed by atoms with van der Waals surface area (Å²) in [6.07, 6.45) is 3.21. The summed E-state index contributed by atoms with van der Waals surface area (Å²) in [4.78, 5) is 26.3. The van der Waals surface area contributed by atoms with Crippen molar-refractivity contribution in [1.82, 2.24) is 4.90 Å². The van der Waals surface area contributed by atoms with E-state index in [1.165, 1.54) is 11.0 Å². The number of carbonyl (C=O) groups excluding carboxylic acids is 2. The van der Waals surface area contributed by atoms with Crippen LogP contribution in [0.4, 0.5) is 5.69 Å². The maximum absolute atomic E-state index is 12.4. The van der Waals surface area contributed by atoms with Gasteiger partial charge in [0.1, 0.15) is 19.8 Å². The molecule has 0 saturated heterocycles. The predicted octanol–water partition coefficient (Wildman–Crippen LogP) is 3.72. The zero-order valence-electron chi connectivity index (χ0n) is 15.5. The smallest absolute Gasteiger partial charge is 0.247 e. The number of halogens is 1. The second-order valence-corrected chi connectivity index (χ2v) is 7.06. The van der Waals surface area contributed by atoms with Crippen LogP contribution >= 0.6 is 15.9 Å². The molecular weight excluding hydrogens is 424 g/mol. The third kappa shape index (κ3) is 5.36. The van der Waals surface area contributed by atoms with Crippen molar-refractivity contribution in [3.63, 3.8) is 0 Å². The fraction of sp³-hybridized carbons (Fsp3) is 0.238. The van der Waals surface area contributed by atoms with E-state index in [1.54, 1.807) is 24.3 Å². The fourth-order valence-electron chi connectivity index (χ4n) is 2.72. The lowest BCUT2D eigenvalue weighted by atomic mass is 10.2. The summed E-state index contributed by atoms with van der Waals surface area (Å²) in [5.74, 6) is 0.763. The zero-order valence-corrected chi connectivity index (χ0v) is 17.1. The molecule has 2 amide bonds. The lowest BCUT2D eigenvalue weighted by molar-refractivity contribution is -0.130. The first kappa shape index (κ1) is 19.9. The van der Waals surface area contributed by atoms with Crippen LogP contribution in [0.15, 0.2) is 53.0 Å². The SMILES string of the molecule is CCN(CC(=O)Nc1ccc2c(c1)OCCO2)C(=O)/C=C/c1cccc(Br)c1. The predicted molar refractivity (Wildman–Crippen MR) is 111 cm³/mol. The minimum absolute atomic E-state index is 0.0351. The van der Waals surface area contributed by atoms with Crippen LogP contribution in [0, 0.1) is 0 Å². The molecule has 2 aromatic carbocycles. The molecule has 0 aliphatic carbocycles. The van der Waals surface area contributed by atoms with Gasteiger partial charge in [0.25, 0.3) is 0 Å². The van der Waals surface area contributed by atoms with E-state index in [1.807, 2.05) is 31.2 Å². The van der Waals surface area contributed by atoms with Crippen molar-refractivity contribution >= 4 is 39.5 Å². The molecule has 0 bridgehead atoms. The van der Waals surface area contributed by atoms with Gasteiger partial charge in [0.2, 0.25) is 11.8 Å². The molecule has 3 rings (SSSR count). The van der Waals surface area contributed by atoms with Crippen molar-refractivity contribution in [3.8, 4) is 11.5 Å². The average Bonchev–Trinajstić information content (AvgIpc) is 2.70. The van der Waals surface area contributed by atoms with Gasteiger partial charge in [-0.2, -0.15) is 0 Å². The topological polar surface area (TPSA) is 67.9 Å². The molecule has 1 aliphatic rings. The minimum atomic E-state index is -0.275. The minimum Gasteiger partial charge on any atom is -0.486 e. The van der Waals surface area contributed by atoms with Gasteiger partial charge >= 0.3 is 0 Å². The summed E-state index contributed by atoms with van der Waals surface area (Å²) >= 11 is 3.40. The molecular formula is C21H21BrN2O4. The molecule has 0 spiro atoms. The second kappa shape index (κ2) is 9.41. The Labute approximate surface area is 172 Å². The van der Waals surface area contributed by atoms with Crippen LogP contribution in [0.5, 0.6) is 11.5 Å². The molecule has 0 saturated carbocycles. The van der Waals surface area contributed by atoms with E-state index >= 15 is 0 Å². The normalized spacial score (nSPS) is 12.6. The van der Waals surface area contributed by atoms with Crippen LogP contribution in [0.3, 0.4) is 0 Å². The van der Waals surface area contributed by atoms with Crippen LogP contribution in [0.2, 0.25) is 0 Å². The molecule has 6 nitrogen and oxygen atoms in total. The molecule has 0 aromatic heterocycles. The Morgan fingerprint density at radius 1 is 1.14 bits per heavy atom. The zero-order chi connectivity index (χ0) is 19.9. The number of anilines is 1. The Bertz CT molecular complexity index is 898. The van der Waals surface area contributed by atoms with E-state index in [0.29, 0.717) is 36.9 Å². The molecule has 1 N–H and O–H groups in total. The molecule has 0 atom stereocenters. The van der Waals surface area contributed by atoms with Crippen molar-refractivity contribution in [3.05, 3.63) is 58.6 Å². The lowest BCUT2D eigenvalue weighted by Gasteiger charge is -2.20. The van der Waals surface area contributed by atoms with Crippen molar-refractivity contribution < 1.29 is 19.1 Å². The molecule has 0 radical (unpaired) electrons. The Hall–Kier alpha value is -2.80. The summed E-state index contributed by atoms with van der Waals surface area (Å²) in [5, 5.41) is 2.79. The van der Waals surface area contributed by atoms with Crippen LogP contribution in [-0.4, -0.2) is 43.0 Å². The van der Waals surface area contributed by atoms with Crippen molar-refractivity contribution in [2.45, 2.75) is 6.92 Å². The molecule has 2 aromatic rings. The van der Waals surface area contributed by atoms with E-state index in [0.717, 1.165) is 10.0 Å². The largest absolute Gasteiger partial charge is 0.486 e. The number of nitrogens with one attached hydrogen (secondary N) is 1. The van der Waals surface area contributed by atoms with Crippen LogP contribution < -0.4 is 14.8 Å². The van der Waals surface area contributed by atoms with Gasteiger partial charge in [0.05, 0.1) is 0 Å². The first-order valence-electron chi connectivity index (χ1n) is 8.97. The summed E-state index contributed by atoms with van der Waals surface area (Å²) in [6.45, 7) is 3.22. The van der Waals surface area contributed by atoms with Crippen molar-refractivity contribution in [1.29, 1.82) is 0 Å². The third-order valence-corrected chi connectivity index (χ3v) is 4.61. The summed E-state index contributed by atoms with van der Waals surface area (Å²) in [7, 11) is 0. The Kier molecular flexibility index (Phi) is 6.71. The van der Waals surface area contributed by atoms with Gasteiger partial charge in [-0.1, -0.05) is 28.1 Å². The highest BCUT2D eigenvalue weighted by Crippen LogP contribution is 2.32. The Morgan fingerprint density at radius 2 is 1.93 bits per heavy atom. The maximum atomic E-state index is 12.4. The number of nitrogens with zero attached hydrogens (tertiary/aromatic N) is 1. The standard InChI is InChI=1S/C21H21BrN2O4/c1-2-24(21(26)9-6-15-4-3-5-16(22)12-15)14-20(25)23-17-7-8-18-19(13-17)28-11-10-27-18/h3-9,12-13H,2,10-11,14H2,1H3,(H,23,25)/b9-6+. The average molecular weight is 445 g/mol. The van der Waals surface area contributed by atoms with Gasteiger partial charge in [-0.05, 0) is 42.8 Å². The number of carbonyl (C=O) groups is 2. The van der Waals surface area contributed by atoms with Gasteiger partial charge < -0.3 is 19.7 Å². The third-order valence-electron chi connectivity index (χ3n) is 4.12. The quantitative estimate of drug-likeness (QED) is 0.689. The highest BCUT2D eigenvalue weighted by atomic mass is 79.9. The van der Waals surface area contributed by atoms with Gasteiger partial charge in [-0.25, -0.2) is 0 Å². The Morgan fingerprint density at radius 3 is 2.68 bits per heavy atom. The number of rotatable bonds is 6. The number of hydrogen-bond acceptors (Lipinski definition) is 4.